The highest BCUT2D eigenvalue weighted by atomic mass is 35.5. The molecule has 0 radical (unpaired) electrons. The Balaban J connectivity index is 2.44. The molecule has 0 aliphatic rings. The van der Waals surface area contributed by atoms with Crippen LogP contribution in [0.4, 0.5) is 5.69 Å². The van der Waals surface area contributed by atoms with Crippen molar-refractivity contribution in [1.29, 1.82) is 0 Å². The summed E-state index contributed by atoms with van der Waals surface area (Å²) in [6, 6.07) is 12.5. The zero-order valence-corrected chi connectivity index (χ0v) is 22.6. The Labute approximate surface area is 213 Å². The summed E-state index contributed by atoms with van der Waals surface area (Å²) in [5, 5.41) is 3.38. The number of nitrogens with zero attached hydrogens (tertiary/aromatic N) is 2. The Bertz CT molecular complexity index is 1110. The second-order valence-electron chi connectivity index (χ2n) is 9.28. The Morgan fingerprint density at radius 1 is 1.06 bits per heavy atom. The normalized spacial score (nSPS) is 12.5. The maximum Gasteiger partial charge on any atom is 0.244 e. The maximum absolute atomic E-state index is 13.6. The molecule has 10 heteroatoms. The number of sulfonamides is 1. The van der Waals surface area contributed by atoms with Crippen molar-refractivity contribution in [2.75, 3.05) is 24.2 Å². The van der Waals surface area contributed by atoms with Crippen LogP contribution in [0.5, 0.6) is 5.75 Å². The number of carbonyl (C=O) groups excluding carboxylic acids is 2. The zero-order chi connectivity index (χ0) is 26.4. The fourth-order valence-electron chi connectivity index (χ4n) is 3.52. The van der Waals surface area contributed by atoms with E-state index in [1.54, 1.807) is 43.5 Å². The van der Waals surface area contributed by atoms with Crippen LogP contribution in [0.25, 0.3) is 0 Å². The molecule has 0 saturated carbocycles. The van der Waals surface area contributed by atoms with E-state index in [-0.39, 0.29) is 12.5 Å². The van der Waals surface area contributed by atoms with Crippen LogP contribution in [0.15, 0.2) is 48.5 Å². The molecule has 192 valence electrons. The summed E-state index contributed by atoms with van der Waals surface area (Å²) in [6.07, 6.45) is 1.38. The highest BCUT2D eigenvalue weighted by Crippen LogP contribution is 2.22. The van der Waals surface area contributed by atoms with Crippen molar-refractivity contribution in [2.45, 2.75) is 52.2 Å². The molecule has 35 heavy (non-hydrogen) atoms. The van der Waals surface area contributed by atoms with E-state index in [0.717, 1.165) is 16.1 Å². The number of anilines is 1. The number of hydrogen-bond acceptors (Lipinski definition) is 5. The van der Waals surface area contributed by atoms with Gasteiger partial charge in [0.1, 0.15) is 18.3 Å². The van der Waals surface area contributed by atoms with E-state index in [1.165, 1.54) is 17.0 Å². The van der Waals surface area contributed by atoms with Crippen molar-refractivity contribution in [1.82, 2.24) is 10.2 Å². The minimum atomic E-state index is -3.80. The van der Waals surface area contributed by atoms with E-state index >= 15 is 0 Å². The zero-order valence-electron chi connectivity index (χ0n) is 21.0. The van der Waals surface area contributed by atoms with Crippen LogP contribution in [0.3, 0.4) is 0 Å². The lowest BCUT2D eigenvalue weighted by molar-refractivity contribution is -0.141. The molecule has 0 heterocycles. The van der Waals surface area contributed by atoms with E-state index in [9.17, 15) is 18.0 Å². The molecule has 1 N–H and O–H groups in total. The molecule has 0 aromatic heterocycles. The molecule has 0 fully saturated rings. The van der Waals surface area contributed by atoms with Crippen molar-refractivity contribution in [3.05, 3.63) is 59.1 Å². The Morgan fingerprint density at radius 2 is 1.63 bits per heavy atom. The van der Waals surface area contributed by atoms with Gasteiger partial charge in [0.15, 0.2) is 0 Å². The lowest BCUT2D eigenvalue weighted by atomic mass is 10.1. The summed E-state index contributed by atoms with van der Waals surface area (Å²) in [4.78, 5) is 28.2. The summed E-state index contributed by atoms with van der Waals surface area (Å²) in [5.74, 6) is -0.147. The van der Waals surface area contributed by atoms with E-state index < -0.39 is 34.1 Å². The van der Waals surface area contributed by atoms with E-state index in [2.05, 4.69) is 5.32 Å². The van der Waals surface area contributed by atoms with Crippen molar-refractivity contribution < 1.29 is 22.7 Å². The summed E-state index contributed by atoms with van der Waals surface area (Å²) < 4.78 is 31.4. The molecule has 0 spiro atoms. The average Bonchev–Trinajstić information content (AvgIpc) is 2.76. The van der Waals surface area contributed by atoms with Crippen LogP contribution in [0, 0.1) is 0 Å². The Hall–Kier alpha value is -2.78. The van der Waals surface area contributed by atoms with Crippen LogP contribution in [-0.2, 0) is 26.2 Å². The SMILES string of the molecule is CCC(C(=O)NC(C)(C)C)N(Cc1ccc(OC)cc1)C(=O)CN(c1ccc(Cl)cc1)S(C)(=O)=O. The Kier molecular flexibility index (Phi) is 9.57. The first kappa shape index (κ1) is 28.5. The summed E-state index contributed by atoms with van der Waals surface area (Å²) in [6.45, 7) is 7.05. The van der Waals surface area contributed by atoms with E-state index in [0.29, 0.717) is 22.9 Å². The van der Waals surface area contributed by atoms with Gasteiger partial charge in [0, 0.05) is 17.1 Å². The maximum atomic E-state index is 13.6. The smallest absolute Gasteiger partial charge is 0.244 e. The van der Waals surface area contributed by atoms with Crippen molar-refractivity contribution in [3.63, 3.8) is 0 Å². The van der Waals surface area contributed by atoms with Gasteiger partial charge in [0.2, 0.25) is 21.8 Å². The van der Waals surface area contributed by atoms with Gasteiger partial charge < -0.3 is 15.0 Å². The lowest BCUT2D eigenvalue weighted by Crippen LogP contribution is -2.55. The lowest BCUT2D eigenvalue weighted by Gasteiger charge is -2.34. The van der Waals surface area contributed by atoms with Crippen LogP contribution >= 0.6 is 11.6 Å². The largest absolute Gasteiger partial charge is 0.497 e. The summed E-state index contributed by atoms with van der Waals surface area (Å²) in [5.41, 5.74) is 0.585. The molecule has 2 aromatic carbocycles. The van der Waals surface area contributed by atoms with Crippen molar-refractivity contribution >= 4 is 39.1 Å². The molecular formula is C25H34ClN3O5S. The molecule has 2 amide bonds. The molecule has 0 bridgehead atoms. The van der Waals surface area contributed by atoms with Gasteiger partial charge in [-0.15, -0.1) is 0 Å². The minimum absolute atomic E-state index is 0.122. The van der Waals surface area contributed by atoms with Crippen LogP contribution in [-0.4, -0.2) is 56.6 Å². The van der Waals surface area contributed by atoms with Gasteiger partial charge in [-0.3, -0.25) is 13.9 Å². The molecule has 2 rings (SSSR count). The van der Waals surface area contributed by atoms with Crippen molar-refractivity contribution in [2.24, 2.45) is 0 Å². The number of rotatable bonds is 10. The van der Waals surface area contributed by atoms with Crippen LogP contribution in [0.1, 0.15) is 39.7 Å². The first-order valence-corrected chi connectivity index (χ1v) is 13.5. The quantitative estimate of drug-likeness (QED) is 0.510. The van der Waals surface area contributed by atoms with E-state index in [1.807, 2.05) is 27.7 Å². The highest BCUT2D eigenvalue weighted by Gasteiger charge is 2.33. The average molecular weight is 524 g/mol. The molecule has 0 aliphatic heterocycles. The minimum Gasteiger partial charge on any atom is -0.497 e. The third-order valence-corrected chi connectivity index (χ3v) is 6.58. The molecular weight excluding hydrogens is 490 g/mol. The number of nitrogens with one attached hydrogen (secondary N) is 1. The fourth-order valence-corrected chi connectivity index (χ4v) is 4.50. The topological polar surface area (TPSA) is 96.0 Å². The van der Waals surface area contributed by atoms with E-state index in [4.69, 9.17) is 16.3 Å². The number of amides is 2. The second kappa shape index (κ2) is 11.8. The van der Waals surface area contributed by atoms with Crippen molar-refractivity contribution in [3.8, 4) is 5.75 Å². The number of hydrogen-bond donors (Lipinski definition) is 1. The number of benzene rings is 2. The predicted octanol–water partition coefficient (Wildman–Crippen LogP) is 3.84. The Morgan fingerprint density at radius 3 is 2.09 bits per heavy atom. The predicted molar refractivity (Wildman–Crippen MR) is 139 cm³/mol. The standard InChI is InChI=1S/C25H34ClN3O5S/c1-7-22(24(31)27-25(2,3)4)28(16-18-8-14-21(34-5)15-9-18)23(30)17-29(35(6,32)33)20-12-10-19(26)11-13-20/h8-15,22H,7,16-17H2,1-6H3,(H,27,31). The summed E-state index contributed by atoms with van der Waals surface area (Å²) >= 11 is 5.95. The fraction of sp³-hybridized carbons (Fsp3) is 0.440. The number of ether oxygens (including phenoxy) is 1. The van der Waals surface area contributed by atoms with Gasteiger partial charge in [-0.05, 0) is 69.2 Å². The second-order valence-corrected chi connectivity index (χ2v) is 11.6. The monoisotopic (exact) mass is 523 g/mol. The van der Waals surface area contributed by atoms with Gasteiger partial charge in [-0.1, -0.05) is 30.7 Å². The highest BCUT2D eigenvalue weighted by molar-refractivity contribution is 7.92. The van der Waals surface area contributed by atoms with Gasteiger partial charge >= 0.3 is 0 Å². The van der Waals surface area contributed by atoms with Gasteiger partial charge in [0.25, 0.3) is 0 Å². The first-order valence-electron chi connectivity index (χ1n) is 11.2. The third-order valence-electron chi connectivity index (χ3n) is 5.19. The number of methoxy groups -OCH3 is 1. The van der Waals surface area contributed by atoms with Gasteiger partial charge in [-0.25, -0.2) is 8.42 Å². The van der Waals surface area contributed by atoms with Gasteiger partial charge in [0.05, 0.1) is 19.1 Å². The van der Waals surface area contributed by atoms with Crippen LogP contribution in [0.2, 0.25) is 5.02 Å². The van der Waals surface area contributed by atoms with Gasteiger partial charge in [-0.2, -0.15) is 0 Å². The van der Waals surface area contributed by atoms with Crippen LogP contribution < -0.4 is 14.4 Å². The number of halogens is 1. The molecule has 0 aliphatic carbocycles. The molecule has 2 aromatic rings. The molecule has 1 unspecified atom stereocenters. The molecule has 0 saturated heterocycles. The first-order chi connectivity index (χ1) is 16.2. The summed E-state index contributed by atoms with van der Waals surface area (Å²) in [7, 11) is -2.24. The molecule has 8 nitrogen and oxygen atoms in total. The third kappa shape index (κ3) is 8.43. The molecule has 1 atom stereocenters. The number of carbonyl (C=O) groups is 2.